The Morgan fingerprint density at radius 3 is 1.00 bits per heavy atom. The molecule has 270 valence electrons. The average molecular weight is 633 g/mol. The van der Waals surface area contributed by atoms with Crippen molar-refractivity contribution < 1.29 is 19.8 Å². The SMILES string of the molecule is CC(=O)C(C)C.CC(C)C(C)(C)C.CC(C)C(C)C.CC(C)C(C)O.CC(C)CC(N)=O.CC(C)CCO.[C-]#[N+]CC(C)C. The summed E-state index contributed by atoms with van der Waals surface area (Å²) in [5.74, 6) is 4.76. The van der Waals surface area contributed by atoms with Crippen LogP contribution in [0.3, 0.4) is 0 Å². The van der Waals surface area contributed by atoms with Gasteiger partial charge in [-0.05, 0) is 61.2 Å². The van der Waals surface area contributed by atoms with Crippen molar-refractivity contribution in [2.75, 3.05) is 13.2 Å². The Morgan fingerprint density at radius 2 is 1.00 bits per heavy atom. The van der Waals surface area contributed by atoms with Gasteiger partial charge in [-0.15, -0.1) is 0 Å². The number of nitrogens with two attached hydrogens (primary N) is 1. The minimum Gasteiger partial charge on any atom is -0.396 e. The van der Waals surface area contributed by atoms with Crippen LogP contribution in [0, 0.1) is 59.3 Å². The number of rotatable bonds is 8. The second kappa shape index (κ2) is 37.7. The van der Waals surface area contributed by atoms with Crippen LogP contribution in [0.25, 0.3) is 4.85 Å². The van der Waals surface area contributed by atoms with Crippen LogP contribution in [0.5, 0.6) is 0 Å². The smallest absolute Gasteiger partial charge is 0.217 e. The molecular weight excluding hydrogens is 548 g/mol. The molecule has 1 amide bonds. The van der Waals surface area contributed by atoms with Crippen molar-refractivity contribution in [2.45, 2.75) is 164 Å². The third-order valence-corrected chi connectivity index (χ3v) is 6.62. The monoisotopic (exact) mass is 633 g/mol. The molecule has 44 heavy (non-hydrogen) atoms. The maximum Gasteiger partial charge on any atom is 0.217 e. The van der Waals surface area contributed by atoms with Gasteiger partial charge in [0.15, 0.2) is 0 Å². The van der Waals surface area contributed by atoms with Crippen LogP contribution in [0.15, 0.2) is 0 Å². The molecule has 0 aliphatic carbocycles. The molecule has 0 aromatic heterocycles. The summed E-state index contributed by atoms with van der Waals surface area (Å²) in [5, 5.41) is 16.9. The molecule has 6 nitrogen and oxygen atoms in total. The van der Waals surface area contributed by atoms with Crippen LogP contribution in [0.2, 0.25) is 0 Å². The summed E-state index contributed by atoms with van der Waals surface area (Å²) in [7, 11) is 0. The van der Waals surface area contributed by atoms with E-state index in [9.17, 15) is 9.59 Å². The predicted molar refractivity (Wildman–Crippen MR) is 198 cm³/mol. The van der Waals surface area contributed by atoms with Gasteiger partial charge in [0.05, 0.1) is 6.10 Å². The number of carbonyl (C=O) groups is 2. The number of nitrogens with zero attached hydrogens (tertiary/aromatic N) is 1. The quantitative estimate of drug-likeness (QED) is 0.232. The molecule has 0 saturated heterocycles. The number of ketones is 1. The van der Waals surface area contributed by atoms with Crippen molar-refractivity contribution in [1.29, 1.82) is 0 Å². The van der Waals surface area contributed by atoms with Crippen molar-refractivity contribution in [2.24, 2.45) is 58.5 Å². The first-order chi connectivity index (χ1) is 19.5. The van der Waals surface area contributed by atoms with Crippen molar-refractivity contribution in [3.05, 3.63) is 11.4 Å². The summed E-state index contributed by atoms with van der Waals surface area (Å²) in [4.78, 5) is 23.4. The van der Waals surface area contributed by atoms with Gasteiger partial charge in [0.2, 0.25) is 12.5 Å². The lowest BCUT2D eigenvalue weighted by Crippen LogP contribution is -2.12. The average Bonchev–Trinajstić information content (AvgIpc) is 2.79. The second-order valence-corrected chi connectivity index (χ2v) is 15.5. The molecule has 0 aromatic rings. The van der Waals surface area contributed by atoms with Gasteiger partial charge < -0.3 is 20.8 Å². The lowest BCUT2D eigenvalue weighted by atomic mass is 9.84. The first kappa shape index (κ1) is 58.1. The van der Waals surface area contributed by atoms with E-state index in [2.05, 4.69) is 81.0 Å². The van der Waals surface area contributed by atoms with Crippen molar-refractivity contribution in [3.8, 4) is 0 Å². The van der Waals surface area contributed by atoms with Gasteiger partial charge >= 0.3 is 0 Å². The highest BCUT2D eigenvalue weighted by atomic mass is 16.3. The van der Waals surface area contributed by atoms with Crippen molar-refractivity contribution >= 4 is 11.7 Å². The van der Waals surface area contributed by atoms with Crippen LogP contribution >= 0.6 is 0 Å². The number of aliphatic hydroxyl groups excluding tert-OH is 2. The van der Waals surface area contributed by atoms with E-state index >= 15 is 0 Å². The van der Waals surface area contributed by atoms with Gasteiger partial charge in [0, 0.05) is 24.9 Å². The number of carbonyl (C=O) groups excluding carboxylic acids is 2. The van der Waals surface area contributed by atoms with Crippen molar-refractivity contribution in [3.63, 3.8) is 0 Å². The van der Waals surface area contributed by atoms with Gasteiger partial charge in [-0.1, -0.05) is 132 Å². The van der Waals surface area contributed by atoms with Crippen molar-refractivity contribution in [1.82, 2.24) is 0 Å². The van der Waals surface area contributed by atoms with Crippen LogP contribution in [-0.4, -0.2) is 41.2 Å². The van der Waals surface area contributed by atoms with Gasteiger partial charge in [0.1, 0.15) is 5.78 Å². The Labute approximate surface area is 278 Å². The lowest BCUT2D eigenvalue weighted by molar-refractivity contribution is -0.120. The number of hydrogen-bond donors (Lipinski definition) is 3. The standard InChI is InChI=1S/C7H16.C6H14.C5H11NO.C5H9N.2C5H12O.C5H10O/c1-6(2)7(3,4)5;1-5(2)6(3)4;1-4(2)3-5(6)7;1-5(2)4-6-3;1-5(2)3-4-6;2*1-4(2)5(3)6/h6H,1-5H3;5-6H,1-4H3;4H,3H2,1-2H3,(H2,6,7);5H,4H2,1-2H3;5-6H,3-4H2,1-2H3;4-6H,1-3H3;4H,1-3H3. The van der Waals surface area contributed by atoms with E-state index in [1.54, 1.807) is 13.8 Å². The molecular formula is C38H84N2O4. The maximum atomic E-state index is 10.1. The van der Waals surface area contributed by atoms with E-state index in [-0.39, 0.29) is 23.7 Å². The molecule has 0 aliphatic rings. The fraction of sp³-hybridized carbons (Fsp3) is 0.921. The highest BCUT2D eigenvalue weighted by Gasteiger charge is 2.13. The number of primary amides is 1. The van der Waals surface area contributed by atoms with Crippen LogP contribution in [0.1, 0.15) is 158 Å². The minimum absolute atomic E-state index is 0.148. The molecule has 1 atom stereocenters. The zero-order valence-corrected chi connectivity index (χ0v) is 33.8. The minimum atomic E-state index is -0.213. The van der Waals surface area contributed by atoms with Crippen LogP contribution < -0.4 is 5.73 Å². The fourth-order valence-electron chi connectivity index (χ4n) is 0.843. The Morgan fingerprint density at radius 1 is 0.705 bits per heavy atom. The van der Waals surface area contributed by atoms with E-state index in [0.717, 1.165) is 24.2 Å². The molecule has 1 unspecified atom stereocenters. The van der Waals surface area contributed by atoms with E-state index in [1.165, 1.54) is 0 Å². The molecule has 4 N–H and O–H groups in total. The molecule has 0 aromatic carbocycles. The number of hydrogen-bond acceptors (Lipinski definition) is 4. The molecule has 0 radical (unpaired) electrons. The van der Waals surface area contributed by atoms with Crippen LogP contribution in [-0.2, 0) is 9.59 Å². The zero-order valence-electron chi connectivity index (χ0n) is 33.8. The topological polar surface area (TPSA) is 105 Å². The Balaban J connectivity index is -0.0000000727. The largest absolute Gasteiger partial charge is 0.396 e. The molecule has 0 rings (SSSR count). The highest BCUT2D eigenvalue weighted by molar-refractivity contribution is 5.77. The number of Topliss-reactive ketones (excluding diaryl/α,β-unsaturated/α-hetero) is 1. The first-order valence-corrected chi connectivity index (χ1v) is 16.9. The summed E-state index contributed by atoms with van der Waals surface area (Å²) >= 11 is 0. The Bertz CT molecular complexity index is 598. The Hall–Kier alpha value is -1.45. The third-order valence-electron chi connectivity index (χ3n) is 6.62. The normalized spacial score (nSPS) is 11.0. The molecule has 0 bridgehead atoms. The summed E-state index contributed by atoms with van der Waals surface area (Å²) in [5.41, 5.74) is 5.35. The van der Waals surface area contributed by atoms with E-state index in [0.29, 0.717) is 48.7 Å². The molecule has 6 heteroatoms. The zero-order chi connectivity index (χ0) is 37.4. The number of aliphatic hydroxyl groups is 2. The lowest BCUT2D eigenvalue weighted by Gasteiger charge is -2.22. The molecule has 0 aliphatic heterocycles. The maximum absolute atomic E-state index is 10.1. The Kier molecular flexibility index (Phi) is 49.8. The summed E-state index contributed by atoms with van der Waals surface area (Å²) in [6, 6.07) is 0. The van der Waals surface area contributed by atoms with Gasteiger partial charge in [-0.3, -0.25) is 9.59 Å². The molecule has 0 fully saturated rings. The fourth-order valence-corrected chi connectivity index (χ4v) is 0.843. The molecule has 0 spiro atoms. The predicted octanol–water partition coefficient (Wildman–Crippen LogP) is 10.3. The molecule has 0 heterocycles. The third kappa shape index (κ3) is 90.0. The van der Waals surface area contributed by atoms with Gasteiger partial charge in [0.25, 0.3) is 0 Å². The second-order valence-electron chi connectivity index (χ2n) is 15.5. The van der Waals surface area contributed by atoms with Gasteiger partial charge in [-0.25, -0.2) is 6.57 Å². The number of amides is 1. The summed E-state index contributed by atoms with van der Waals surface area (Å²) in [6.45, 7) is 51.0. The van der Waals surface area contributed by atoms with E-state index in [4.69, 9.17) is 22.5 Å². The summed E-state index contributed by atoms with van der Waals surface area (Å²) < 4.78 is 0. The van der Waals surface area contributed by atoms with Gasteiger partial charge in [-0.2, -0.15) is 0 Å². The molecule has 0 saturated carbocycles. The highest BCUT2D eigenvalue weighted by Crippen LogP contribution is 2.23. The summed E-state index contributed by atoms with van der Waals surface area (Å²) in [6.07, 6.45) is 1.28. The first-order valence-electron chi connectivity index (χ1n) is 16.9. The van der Waals surface area contributed by atoms with E-state index in [1.807, 2.05) is 55.4 Å². The van der Waals surface area contributed by atoms with E-state index < -0.39 is 0 Å². The van der Waals surface area contributed by atoms with Crippen LogP contribution in [0.4, 0.5) is 0 Å².